The summed E-state index contributed by atoms with van der Waals surface area (Å²) in [5.41, 5.74) is 1.52. The van der Waals surface area contributed by atoms with Crippen LogP contribution in [0.4, 0.5) is 0 Å². The Hall–Kier alpha value is -0.790. The monoisotopic (exact) mass is 461 g/mol. The molecule has 1 unspecified atom stereocenters. The van der Waals surface area contributed by atoms with Gasteiger partial charge in [0.15, 0.2) is 0 Å². The summed E-state index contributed by atoms with van der Waals surface area (Å²) in [5, 5.41) is 0. The van der Waals surface area contributed by atoms with Gasteiger partial charge in [0.2, 0.25) is 0 Å². The van der Waals surface area contributed by atoms with Crippen LogP contribution in [-0.2, 0) is 12.8 Å². The van der Waals surface area contributed by atoms with E-state index in [1.165, 1.54) is 146 Å². The highest BCUT2D eigenvalue weighted by Gasteiger charge is 2.23. The number of rotatable bonds is 23. The van der Waals surface area contributed by atoms with Crippen LogP contribution in [0.1, 0.15) is 174 Å². The zero-order valence-corrected chi connectivity index (χ0v) is 23.5. The van der Waals surface area contributed by atoms with Crippen LogP contribution in [0.5, 0.6) is 0 Å². The number of hydrogen-bond donors (Lipinski definition) is 1. The molecule has 194 valence electrons. The number of nitrogens with zero attached hydrogens (tertiary/aromatic N) is 1. The Bertz CT molecular complexity index is 545. The quantitative estimate of drug-likeness (QED) is 0.123. The summed E-state index contributed by atoms with van der Waals surface area (Å²) in [6.07, 6.45) is 31.5. The highest BCUT2D eigenvalue weighted by atomic mass is 15.1. The van der Waals surface area contributed by atoms with E-state index in [9.17, 15) is 0 Å². The minimum absolute atomic E-state index is 0.628. The van der Waals surface area contributed by atoms with Crippen molar-refractivity contribution in [1.29, 1.82) is 0 Å². The number of aromatic amines is 1. The maximum Gasteiger partial charge on any atom is 0.254 e. The second-order valence-corrected chi connectivity index (χ2v) is 11.2. The van der Waals surface area contributed by atoms with E-state index in [4.69, 9.17) is 0 Å². The van der Waals surface area contributed by atoms with Crippen LogP contribution in [0.25, 0.3) is 0 Å². The van der Waals surface area contributed by atoms with Crippen molar-refractivity contribution in [3.63, 3.8) is 0 Å². The van der Waals surface area contributed by atoms with E-state index in [-0.39, 0.29) is 0 Å². The summed E-state index contributed by atoms with van der Waals surface area (Å²) in [4.78, 5) is 3.68. The van der Waals surface area contributed by atoms with Crippen molar-refractivity contribution in [1.82, 2.24) is 4.98 Å². The van der Waals surface area contributed by atoms with Crippen LogP contribution >= 0.6 is 0 Å². The number of aryl methyl sites for hydroxylation is 1. The third-order valence-corrected chi connectivity index (χ3v) is 7.31. The van der Waals surface area contributed by atoms with Crippen LogP contribution in [-0.4, -0.2) is 4.98 Å². The molecule has 2 heteroatoms. The molecule has 0 fully saturated rings. The van der Waals surface area contributed by atoms with E-state index >= 15 is 0 Å². The van der Waals surface area contributed by atoms with E-state index < -0.39 is 0 Å². The Morgan fingerprint density at radius 2 is 1.09 bits per heavy atom. The molecule has 0 radical (unpaired) electrons. The van der Waals surface area contributed by atoms with Gasteiger partial charge >= 0.3 is 0 Å². The van der Waals surface area contributed by atoms with E-state index in [0.717, 1.165) is 0 Å². The number of imidazole rings is 1. The fourth-order valence-electron chi connectivity index (χ4n) is 5.28. The first-order valence-electron chi connectivity index (χ1n) is 15.2. The first kappa shape index (κ1) is 30.2. The molecule has 1 aromatic rings. The van der Waals surface area contributed by atoms with Crippen molar-refractivity contribution in [2.75, 3.05) is 0 Å². The van der Waals surface area contributed by atoms with Gasteiger partial charge in [-0.3, -0.25) is 0 Å². The van der Waals surface area contributed by atoms with Crippen molar-refractivity contribution in [2.24, 2.45) is 5.92 Å². The summed E-state index contributed by atoms with van der Waals surface area (Å²) in [6, 6.07) is 0.628. The van der Waals surface area contributed by atoms with Gasteiger partial charge < -0.3 is 0 Å². The molecular formula is C31H61N2+. The molecule has 33 heavy (non-hydrogen) atoms. The third kappa shape index (κ3) is 14.9. The fourth-order valence-corrected chi connectivity index (χ4v) is 5.28. The maximum atomic E-state index is 3.68. The van der Waals surface area contributed by atoms with E-state index in [0.29, 0.717) is 12.0 Å². The Morgan fingerprint density at radius 1 is 0.636 bits per heavy atom. The highest BCUT2D eigenvalue weighted by molar-refractivity contribution is 4.93. The summed E-state index contributed by atoms with van der Waals surface area (Å²) in [6.45, 7) is 11.7. The van der Waals surface area contributed by atoms with Crippen LogP contribution in [0.2, 0.25) is 0 Å². The zero-order chi connectivity index (χ0) is 24.2. The van der Waals surface area contributed by atoms with Crippen molar-refractivity contribution < 1.29 is 4.57 Å². The Kier molecular flexibility index (Phi) is 18.9. The predicted molar refractivity (Wildman–Crippen MR) is 147 cm³/mol. The summed E-state index contributed by atoms with van der Waals surface area (Å²) < 4.78 is 2.68. The number of unbranched alkanes of at least 4 members (excludes halogenated alkanes) is 16. The van der Waals surface area contributed by atoms with Gasteiger partial charge in [0.1, 0.15) is 11.9 Å². The second kappa shape index (κ2) is 20.6. The molecule has 1 atom stereocenters. The molecule has 0 saturated carbocycles. The first-order chi connectivity index (χ1) is 16.1. The topological polar surface area (TPSA) is 19.7 Å². The van der Waals surface area contributed by atoms with Gasteiger partial charge in [-0.1, -0.05) is 130 Å². The van der Waals surface area contributed by atoms with Gasteiger partial charge in [0.25, 0.3) is 5.82 Å². The molecule has 0 aliphatic heterocycles. The lowest BCUT2D eigenvalue weighted by Gasteiger charge is -2.14. The molecule has 1 rings (SSSR count). The first-order valence-corrected chi connectivity index (χ1v) is 15.2. The summed E-state index contributed by atoms with van der Waals surface area (Å²) in [7, 11) is 0. The molecule has 0 aliphatic rings. The lowest BCUT2D eigenvalue weighted by Crippen LogP contribution is -2.44. The van der Waals surface area contributed by atoms with E-state index in [2.05, 4.69) is 50.4 Å². The Morgan fingerprint density at radius 3 is 1.58 bits per heavy atom. The molecule has 1 heterocycles. The molecule has 0 aromatic carbocycles. The smallest absolute Gasteiger partial charge is 0.247 e. The van der Waals surface area contributed by atoms with Crippen molar-refractivity contribution >= 4 is 0 Å². The molecule has 2 nitrogen and oxygen atoms in total. The zero-order valence-electron chi connectivity index (χ0n) is 23.5. The van der Waals surface area contributed by atoms with Crippen LogP contribution in [0, 0.1) is 5.92 Å². The minimum Gasteiger partial charge on any atom is -0.247 e. The van der Waals surface area contributed by atoms with E-state index in [1.807, 2.05) is 0 Å². The Balaban J connectivity index is 2.27. The van der Waals surface area contributed by atoms with Gasteiger partial charge in [-0.25, -0.2) is 9.55 Å². The maximum absolute atomic E-state index is 3.68. The second-order valence-electron chi connectivity index (χ2n) is 11.2. The highest BCUT2D eigenvalue weighted by Crippen LogP contribution is 2.17. The third-order valence-electron chi connectivity index (χ3n) is 7.31. The average Bonchev–Trinajstić information content (AvgIpc) is 3.18. The molecule has 0 amide bonds. The largest absolute Gasteiger partial charge is 0.254 e. The van der Waals surface area contributed by atoms with Gasteiger partial charge in [-0.15, -0.1) is 0 Å². The number of hydrogen-bond acceptors (Lipinski definition) is 0. The summed E-state index contributed by atoms with van der Waals surface area (Å²) in [5.74, 6) is 2.20. The van der Waals surface area contributed by atoms with Gasteiger partial charge in [0.05, 0.1) is 6.04 Å². The predicted octanol–water partition coefficient (Wildman–Crippen LogP) is 10.1. The molecule has 0 saturated heterocycles. The molecule has 1 N–H and O–H groups in total. The standard InChI is InChI=1S/C31H60N2/c1-6-8-10-12-13-14-15-16-17-18-19-21-23-25-31-32-27-30(26-28(3)4)33(31)29(5)24-22-20-11-9-7-2/h27-29H,6-26H2,1-5H3/p+1. The normalized spacial score (nSPS) is 12.7. The number of H-pyrrole nitrogens is 1. The van der Waals surface area contributed by atoms with Crippen molar-refractivity contribution in [2.45, 2.75) is 175 Å². The Labute approximate surface area is 208 Å². The molecule has 0 spiro atoms. The number of nitrogens with one attached hydrogen (secondary N) is 1. The minimum atomic E-state index is 0.628. The van der Waals surface area contributed by atoms with E-state index in [1.54, 1.807) is 0 Å². The molecule has 1 aromatic heterocycles. The fraction of sp³-hybridized carbons (Fsp3) is 0.903. The lowest BCUT2D eigenvalue weighted by molar-refractivity contribution is -0.732. The van der Waals surface area contributed by atoms with Crippen LogP contribution in [0.15, 0.2) is 6.20 Å². The lowest BCUT2D eigenvalue weighted by atomic mass is 10.0. The van der Waals surface area contributed by atoms with Gasteiger partial charge in [0, 0.05) is 12.8 Å². The molecular weight excluding hydrogens is 400 g/mol. The summed E-state index contributed by atoms with van der Waals surface area (Å²) >= 11 is 0. The number of aromatic nitrogens is 2. The van der Waals surface area contributed by atoms with Gasteiger partial charge in [-0.2, -0.15) is 0 Å². The van der Waals surface area contributed by atoms with Gasteiger partial charge in [-0.05, 0) is 32.1 Å². The van der Waals surface area contributed by atoms with Crippen molar-refractivity contribution in [3.05, 3.63) is 17.7 Å². The SMILES string of the molecule is CCCCCCCCCCCCCCCc1[nH]cc(CC(C)C)[n+]1C(C)CCCCCCC. The average molecular weight is 462 g/mol. The van der Waals surface area contributed by atoms with Crippen LogP contribution < -0.4 is 4.57 Å². The molecule has 0 bridgehead atoms. The molecule has 0 aliphatic carbocycles. The van der Waals surface area contributed by atoms with Crippen LogP contribution in [0.3, 0.4) is 0 Å². The van der Waals surface area contributed by atoms with Crippen molar-refractivity contribution in [3.8, 4) is 0 Å².